The molecule has 3 nitrogen and oxygen atoms in total. The van der Waals surface area contributed by atoms with Crippen molar-refractivity contribution < 1.29 is 9.53 Å². The second-order valence-electron chi connectivity index (χ2n) is 3.46. The van der Waals surface area contributed by atoms with E-state index < -0.39 is 12.1 Å². The topological polar surface area (TPSA) is 50.1 Å². The lowest BCUT2D eigenvalue weighted by atomic mass is 10.1. The van der Waals surface area contributed by atoms with Crippen LogP contribution in [0.15, 0.2) is 12.7 Å². The highest BCUT2D eigenvalue weighted by atomic mass is 16.5. The van der Waals surface area contributed by atoms with Crippen molar-refractivity contribution in [3.8, 4) is 6.07 Å². The molecule has 84 valence electrons. The van der Waals surface area contributed by atoms with Gasteiger partial charge in [-0.05, 0) is 12.8 Å². The number of carbonyl (C=O) groups excluding carboxylic acids is 1. The Balaban J connectivity index is 3.58. The molecule has 0 aliphatic carbocycles. The lowest BCUT2D eigenvalue weighted by molar-refractivity contribution is -0.140. The Morgan fingerprint density at radius 1 is 1.47 bits per heavy atom. The summed E-state index contributed by atoms with van der Waals surface area (Å²) in [6.07, 6.45) is 6.74. The Hall–Kier alpha value is -1.30. The van der Waals surface area contributed by atoms with Crippen molar-refractivity contribution >= 4 is 5.97 Å². The van der Waals surface area contributed by atoms with E-state index in [1.54, 1.807) is 0 Å². The van der Waals surface area contributed by atoms with Gasteiger partial charge in [0.2, 0.25) is 0 Å². The molecule has 0 N–H and O–H groups in total. The maximum atomic E-state index is 10.8. The summed E-state index contributed by atoms with van der Waals surface area (Å²) in [5, 5.41) is 8.71. The average molecular weight is 209 g/mol. The number of hydrogen-bond acceptors (Lipinski definition) is 3. The van der Waals surface area contributed by atoms with Gasteiger partial charge in [0.05, 0.1) is 0 Å². The minimum atomic E-state index is -0.614. The largest absolute Gasteiger partial charge is 0.444 e. The Kier molecular flexibility index (Phi) is 8.46. The van der Waals surface area contributed by atoms with E-state index in [0.29, 0.717) is 6.42 Å². The molecule has 0 heterocycles. The van der Waals surface area contributed by atoms with Crippen molar-refractivity contribution in [1.29, 1.82) is 5.26 Å². The zero-order valence-electron chi connectivity index (χ0n) is 9.37. The molecule has 0 spiro atoms. The van der Waals surface area contributed by atoms with Crippen LogP contribution < -0.4 is 0 Å². The highest BCUT2D eigenvalue weighted by Crippen LogP contribution is 2.09. The number of ether oxygens (including phenoxy) is 1. The predicted molar refractivity (Wildman–Crippen MR) is 59.1 cm³/mol. The first-order chi connectivity index (χ1) is 7.24. The second kappa shape index (κ2) is 9.26. The summed E-state index contributed by atoms with van der Waals surface area (Å²) in [4.78, 5) is 10.8. The van der Waals surface area contributed by atoms with Gasteiger partial charge in [0.25, 0.3) is 0 Å². The molecule has 0 amide bonds. The zero-order chi connectivity index (χ0) is 11.5. The third-order valence-electron chi connectivity index (χ3n) is 2.14. The maximum Gasteiger partial charge on any atom is 0.331 e. The summed E-state index contributed by atoms with van der Waals surface area (Å²) >= 11 is 0. The Labute approximate surface area is 91.7 Å². The van der Waals surface area contributed by atoms with E-state index in [1.165, 1.54) is 19.3 Å². The molecule has 0 aromatic heterocycles. The van der Waals surface area contributed by atoms with Crippen molar-refractivity contribution in [2.45, 2.75) is 51.6 Å². The Bertz CT molecular complexity index is 230. The van der Waals surface area contributed by atoms with Crippen LogP contribution in [0.1, 0.15) is 45.4 Å². The van der Waals surface area contributed by atoms with Crippen molar-refractivity contribution in [3.05, 3.63) is 12.7 Å². The predicted octanol–water partition coefficient (Wildman–Crippen LogP) is 2.97. The van der Waals surface area contributed by atoms with Crippen LogP contribution in [0.2, 0.25) is 0 Å². The van der Waals surface area contributed by atoms with Crippen molar-refractivity contribution in [2.75, 3.05) is 0 Å². The number of nitrogens with zero attached hydrogens (tertiary/aromatic N) is 1. The molecule has 0 radical (unpaired) electrons. The van der Waals surface area contributed by atoms with Crippen LogP contribution >= 0.6 is 0 Å². The van der Waals surface area contributed by atoms with Crippen LogP contribution in [-0.4, -0.2) is 12.1 Å². The van der Waals surface area contributed by atoms with E-state index >= 15 is 0 Å². The van der Waals surface area contributed by atoms with Gasteiger partial charge in [0.1, 0.15) is 6.07 Å². The third-order valence-corrected chi connectivity index (χ3v) is 2.14. The van der Waals surface area contributed by atoms with E-state index in [9.17, 15) is 4.79 Å². The molecule has 0 aliphatic heterocycles. The first-order valence-electron chi connectivity index (χ1n) is 5.47. The van der Waals surface area contributed by atoms with Gasteiger partial charge in [-0.3, -0.25) is 0 Å². The number of carbonyl (C=O) groups is 1. The van der Waals surface area contributed by atoms with Crippen LogP contribution in [0.25, 0.3) is 0 Å². The van der Waals surface area contributed by atoms with Gasteiger partial charge in [-0.1, -0.05) is 39.2 Å². The molecule has 15 heavy (non-hydrogen) atoms. The molecule has 0 aromatic rings. The molecule has 0 aliphatic rings. The number of nitriles is 1. The van der Waals surface area contributed by atoms with Gasteiger partial charge in [-0.15, -0.1) is 0 Å². The van der Waals surface area contributed by atoms with E-state index in [-0.39, 0.29) is 0 Å². The number of esters is 1. The van der Waals surface area contributed by atoms with Crippen molar-refractivity contribution in [1.82, 2.24) is 0 Å². The average Bonchev–Trinajstić information content (AvgIpc) is 2.26. The molecular weight excluding hydrogens is 190 g/mol. The van der Waals surface area contributed by atoms with Gasteiger partial charge >= 0.3 is 5.97 Å². The lowest BCUT2D eigenvalue weighted by Gasteiger charge is -2.08. The fraction of sp³-hybridized carbons (Fsp3) is 0.667. The zero-order valence-corrected chi connectivity index (χ0v) is 9.37. The van der Waals surface area contributed by atoms with Gasteiger partial charge in [-0.25, -0.2) is 4.79 Å². The molecule has 0 aromatic carbocycles. The fourth-order valence-electron chi connectivity index (χ4n) is 1.27. The van der Waals surface area contributed by atoms with Crippen molar-refractivity contribution in [2.24, 2.45) is 0 Å². The van der Waals surface area contributed by atoms with Crippen LogP contribution in [0, 0.1) is 11.3 Å². The molecule has 0 bridgehead atoms. The summed E-state index contributed by atoms with van der Waals surface area (Å²) in [6, 6.07) is 1.97. The van der Waals surface area contributed by atoms with E-state index in [2.05, 4.69) is 13.5 Å². The standard InChI is InChI=1S/C12H19NO2/c1-3-5-6-7-8-9-11(10-13)15-12(14)4-2/h4,11H,2-3,5-9H2,1H3. The minimum absolute atomic E-state index is 0.518. The number of hydrogen-bond donors (Lipinski definition) is 0. The summed E-state index contributed by atoms with van der Waals surface area (Å²) < 4.78 is 4.84. The maximum absolute atomic E-state index is 10.8. The summed E-state index contributed by atoms with van der Waals surface area (Å²) in [5.41, 5.74) is 0. The quantitative estimate of drug-likeness (QED) is 0.351. The normalized spacial score (nSPS) is 11.5. The second-order valence-corrected chi connectivity index (χ2v) is 3.46. The van der Waals surface area contributed by atoms with E-state index in [0.717, 1.165) is 18.9 Å². The smallest absolute Gasteiger partial charge is 0.331 e. The van der Waals surface area contributed by atoms with E-state index in [4.69, 9.17) is 10.00 Å². The Morgan fingerprint density at radius 2 is 2.13 bits per heavy atom. The molecule has 3 heteroatoms. The van der Waals surface area contributed by atoms with Crippen LogP contribution in [0.3, 0.4) is 0 Å². The van der Waals surface area contributed by atoms with E-state index in [1.807, 2.05) is 6.07 Å². The molecule has 1 unspecified atom stereocenters. The van der Waals surface area contributed by atoms with Crippen molar-refractivity contribution in [3.63, 3.8) is 0 Å². The molecule has 0 rings (SSSR count). The van der Waals surface area contributed by atoms with Gasteiger partial charge in [0.15, 0.2) is 6.10 Å². The van der Waals surface area contributed by atoms with Crippen LogP contribution in [-0.2, 0) is 9.53 Å². The SMILES string of the molecule is C=CC(=O)OC(C#N)CCCCCCC. The van der Waals surface area contributed by atoms with Crippen LogP contribution in [0.5, 0.6) is 0 Å². The van der Waals surface area contributed by atoms with Crippen LogP contribution in [0.4, 0.5) is 0 Å². The third kappa shape index (κ3) is 7.75. The molecule has 0 fully saturated rings. The lowest BCUT2D eigenvalue weighted by Crippen LogP contribution is -2.14. The first kappa shape index (κ1) is 13.7. The number of unbranched alkanes of at least 4 members (excludes halogenated alkanes) is 4. The van der Waals surface area contributed by atoms with Gasteiger partial charge < -0.3 is 4.74 Å². The minimum Gasteiger partial charge on any atom is -0.444 e. The molecular formula is C12H19NO2. The monoisotopic (exact) mass is 209 g/mol. The highest BCUT2D eigenvalue weighted by Gasteiger charge is 2.10. The Morgan fingerprint density at radius 3 is 2.67 bits per heavy atom. The molecule has 0 saturated carbocycles. The summed E-state index contributed by atoms with van der Waals surface area (Å²) in [7, 11) is 0. The van der Waals surface area contributed by atoms with Gasteiger partial charge in [0, 0.05) is 6.08 Å². The summed E-state index contributed by atoms with van der Waals surface area (Å²) in [5.74, 6) is -0.518. The number of rotatable bonds is 8. The summed E-state index contributed by atoms with van der Waals surface area (Å²) in [6.45, 7) is 5.44. The first-order valence-corrected chi connectivity index (χ1v) is 5.47. The molecule has 1 atom stereocenters. The fourth-order valence-corrected chi connectivity index (χ4v) is 1.27. The highest BCUT2D eigenvalue weighted by molar-refractivity contribution is 5.81. The molecule has 0 saturated heterocycles. The van der Waals surface area contributed by atoms with Gasteiger partial charge in [-0.2, -0.15) is 5.26 Å².